The Morgan fingerprint density at radius 3 is 2.27 bits per heavy atom. The van der Waals surface area contributed by atoms with E-state index in [2.05, 4.69) is 18.9 Å². The fraction of sp³-hybridized carbons (Fsp3) is 0.947. The largest absolute Gasteiger partial charge is 0.448 e. The van der Waals surface area contributed by atoms with Crippen molar-refractivity contribution in [3.05, 3.63) is 0 Å². The van der Waals surface area contributed by atoms with Crippen molar-refractivity contribution < 1.29 is 23.7 Å². The highest BCUT2D eigenvalue weighted by molar-refractivity contribution is 5.67. The standard InChI is InChI=1S/C19H38N2O5/c1-14(2)11-17(18(24-6)25-7)21(19(22)26-12-15(3)4)20-10-8-9-16(20)13-23-5/h14-18H,8-13H2,1-7H3/t16-,17+/m0/s1. The number of amides is 1. The van der Waals surface area contributed by atoms with E-state index >= 15 is 0 Å². The fourth-order valence-corrected chi connectivity index (χ4v) is 3.42. The van der Waals surface area contributed by atoms with Crippen molar-refractivity contribution in [3.8, 4) is 0 Å². The van der Waals surface area contributed by atoms with E-state index in [0.29, 0.717) is 19.1 Å². The Labute approximate surface area is 158 Å². The second-order valence-corrected chi connectivity index (χ2v) is 7.77. The van der Waals surface area contributed by atoms with Crippen LogP contribution >= 0.6 is 0 Å². The van der Waals surface area contributed by atoms with Gasteiger partial charge in [0, 0.05) is 27.9 Å². The minimum atomic E-state index is -0.521. The highest BCUT2D eigenvalue weighted by Gasteiger charge is 2.41. The maximum atomic E-state index is 13.1. The number of hydrazine groups is 1. The van der Waals surface area contributed by atoms with Gasteiger partial charge in [0.15, 0.2) is 6.29 Å². The van der Waals surface area contributed by atoms with E-state index in [-0.39, 0.29) is 24.1 Å². The predicted octanol–water partition coefficient (Wildman–Crippen LogP) is 3.14. The topological polar surface area (TPSA) is 60.5 Å². The lowest BCUT2D eigenvalue weighted by molar-refractivity contribution is -0.186. The molecule has 1 aliphatic rings. The highest BCUT2D eigenvalue weighted by Crippen LogP contribution is 2.27. The van der Waals surface area contributed by atoms with Gasteiger partial charge in [-0.1, -0.05) is 27.7 Å². The molecule has 0 spiro atoms. The molecule has 1 fully saturated rings. The van der Waals surface area contributed by atoms with Crippen molar-refractivity contribution in [1.82, 2.24) is 10.0 Å². The molecule has 1 heterocycles. The number of ether oxygens (including phenoxy) is 4. The first-order chi connectivity index (χ1) is 12.3. The summed E-state index contributed by atoms with van der Waals surface area (Å²) in [6.45, 7) is 10.1. The van der Waals surface area contributed by atoms with Crippen molar-refractivity contribution in [1.29, 1.82) is 0 Å². The van der Waals surface area contributed by atoms with E-state index in [1.807, 2.05) is 13.8 Å². The Balaban J connectivity index is 3.14. The number of hydrogen-bond acceptors (Lipinski definition) is 6. The first-order valence-electron chi connectivity index (χ1n) is 9.62. The third-order valence-electron chi connectivity index (χ3n) is 4.51. The molecular formula is C19H38N2O5. The molecule has 0 aromatic rings. The van der Waals surface area contributed by atoms with E-state index in [4.69, 9.17) is 18.9 Å². The summed E-state index contributed by atoms with van der Waals surface area (Å²) in [5.41, 5.74) is 0. The summed E-state index contributed by atoms with van der Waals surface area (Å²) < 4.78 is 22.1. The molecule has 7 heteroatoms. The predicted molar refractivity (Wildman–Crippen MR) is 101 cm³/mol. The molecular weight excluding hydrogens is 336 g/mol. The monoisotopic (exact) mass is 374 g/mol. The Hall–Kier alpha value is -0.890. The van der Waals surface area contributed by atoms with Crippen molar-refractivity contribution in [2.45, 2.75) is 65.3 Å². The van der Waals surface area contributed by atoms with E-state index in [9.17, 15) is 4.79 Å². The van der Waals surface area contributed by atoms with Crippen molar-refractivity contribution >= 4 is 6.09 Å². The molecule has 0 aliphatic carbocycles. The number of carbonyl (C=O) groups is 1. The Morgan fingerprint density at radius 2 is 1.77 bits per heavy atom. The summed E-state index contributed by atoms with van der Waals surface area (Å²) in [7, 11) is 4.90. The molecule has 1 aliphatic heterocycles. The normalized spacial score (nSPS) is 19.5. The molecule has 0 aromatic heterocycles. The highest BCUT2D eigenvalue weighted by atomic mass is 16.7. The van der Waals surface area contributed by atoms with Gasteiger partial charge in [-0.3, -0.25) is 0 Å². The Morgan fingerprint density at radius 1 is 1.12 bits per heavy atom. The van der Waals surface area contributed by atoms with E-state index in [1.165, 1.54) is 0 Å². The second kappa shape index (κ2) is 11.7. The minimum absolute atomic E-state index is 0.149. The summed E-state index contributed by atoms with van der Waals surface area (Å²) in [5, 5.41) is 3.82. The van der Waals surface area contributed by atoms with Crippen LogP contribution in [0.1, 0.15) is 47.0 Å². The minimum Gasteiger partial charge on any atom is -0.448 e. The molecule has 2 atom stereocenters. The molecule has 0 N–H and O–H groups in total. The summed E-state index contributed by atoms with van der Waals surface area (Å²) in [6.07, 6.45) is 1.89. The summed E-state index contributed by atoms with van der Waals surface area (Å²) in [6, 6.07) is -0.113. The van der Waals surface area contributed by atoms with Crippen LogP contribution in [0.15, 0.2) is 0 Å². The van der Waals surface area contributed by atoms with Gasteiger partial charge < -0.3 is 18.9 Å². The zero-order valence-electron chi connectivity index (χ0n) is 17.6. The van der Waals surface area contributed by atoms with Crippen LogP contribution in [0, 0.1) is 11.8 Å². The van der Waals surface area contributed by atoms with Crippen LogP contribution in [0.4, 0.5) is 4.79 Å². The SMILES string of the molecule is COC[C@@H]1CCCN1N(C(=O)OCC(C)C)[C@H](CC(C)C)C(OC)OC. The smallest absolute Gasteiger partial charge is 0.424 e. The molecule has 0 aromatic carbocycles. The van der Waals surface area contributed by atoms with Crippen LogP contribution in [0.3, 0.4) is 0 Å². The van der Waals surface area contributed by atoms with Crippen LogP contribution in [0.5, 0.6) is 0 Å². The van der Waals surface area contributed by atoms with Crippen molar-refractivity contribution in [2.24, 2.45) is 11.8 Å². The molecule has 0 saturated carbocycles. The van der Waals surface area contributed by atoms with Gasteiger partial charge in [0.25, 0.3) is 0 Å². The number of hydrogen-bond donors (Lipinski definition) is 0. The number of carbonyl (C=O) groups excluding carboxylic acids is 1. The third-order valence-corrected chi connectivity index (χ3v) is 4.51. The van der Waals surface area contributed by atoms with Crippen molar-refractivity contribution in [2.75, 3.05) is 41.1 Å². The molecule has 26 heavy (non-hydrogen) atoms. The molecule has 154 valence electrons. The maximum absolute atomic E-state index is 13.1. The summed E-state index contributed by atoms with van der Waals surface area (Å²) >= 11 is 0. The average Bonchev–Trinajstić information content (AvgIpc) is 3.02. The van der Waals surface area contributed by atoms with Crippen LogP contribution in [-0.2, 0) is 18.9 Å². The number of nitrogens with zero attached hydrogens (tertiary/aromatic N) is 2. The van der Waals surface area contributed by atoms with Crippen LogP contribution in [-0.4, -0.2) is 75.6 Å². The zero-order valence-corrected chi connectivity index (χ0v) is 17.6. The van der Waals surface area contributed by atoms with Gasteiger partial charge >= 0.3 is 6.09 Å². The van der Waals surface area contributed by atoms with E-state index < -0.39 is 6.29 Å². The average molecular weight is 375 g/mol. The van der Waals surface area contributed by atoms with E-state index in [0.717, 1.165) is 25.8 Å². The lowest BCUT2D eigenvalue weighted by Gasteiger charge is -2.43. The lowest BCUT2D eigenvalue weighted by Crippen LogP contribution is -2.59. The fourth-order valence-electron chi connectivity index (χ4n) is 3.42. The number of rotatable bonds is 11. The van der Waals surface area contributed by atoms with E-state index in [1.54, 1.807) is 26.3 Å². The van der Waals surface area contributed by atoms with Gasteiger partial charge in [0.05, 0.1) is 19.3 Å². The van der Waals surface area contributed by atoms with Crippen LogP contribution < -0.4 is 0 Å². The Bertz CT molecular complexity index is 401. The van der Waals surface area contributed by atoms with Gasteiger partial charge in [-0.2, -0.15) is 0 Å². The van der Waals surface area contributed by atoms with Gasteiger partial charge in [0.2, 0.25) is 0 Å². The lowest BCUT2D eigenvalue weighted by atomic mass is 10.0. The molecule has 7 nitrogen and oxygen atoms in total. The van der Waals surface area contributed by atoms with Crippen molar-refractivity contribution in [3.63, 3.8) is 0 Å². The third kappa shape index (κ3) is 6.68. The van der Waals surface area contributed by atoms with Gasteiger partial charge in [-0.25, -0.2) is 14.8 Å². The van der Waals surface area contributed by atoms with Gasteiger partial charge in [0.1, 0.15) is 6.04 Å². The molecule has 0 radical (unpaired) electrons. The molecule has 0 unspecified atom stereocenters. The van der Waals surface area contributed by atoms with Gasteiger partial charge in [-0.15, -0.1) is 0 Å². The maximum Gasteiger partial charge on any atom is 0.424 e. The summed E-state index contributed by atoms with van der Waals surface area (Å²) in [5.74, 6) is 0.648. The zero-order chi connectivity index (χ0) is 19.7. The molecule has 0 bridgehead atoms. The second-order valence-electron chi connectivity index (χ2n) is 7.77. The quantitative estimate of drug-likeness (QED) is 0.518. The molecule has 1 rings (SSSR count). The summed E-state index contributed by atoms with van der Waals surface area (Å²) in [4.78, 5) is 13.1. The van der Waals surface area contributed by atoms with Gasteiger partial charge in [-0.05, 0) is 31.1 Å². The Kier molecular flexibility index (Phi) is 10.5. The van der Waals surface area contributed by atoms with Crippen LogP contribution in [0.25, 0.3) is 0 Å². The van der Waals surface area contributed by atoms with Crippen LogP contribution in [0.2, 0.25) is 0 Å². The molecule has 1 amide bonds. The first kappa shape index (κ1) is 23.1. The first-order valence-corrected chi connectivity index (χ1v) is 9.62. The molecule has 1 saturated heterocycles. The number of methoxy groups -OCH3 is 3.